The predicted molar refractivity (Wildman–Crippen MR) is 307 cm³/mol. The van der Waals surface area contributed by atoms with Crippen LogP contribution in [0.25, 0.3) is 0 Å². The van der Waals surface area contributed by atoms with Gasteiger partial charge in [0, 0.05) is 38.7 Å². The molecule has 0 aliphatic rings. The highest BCUT2D eigenvalue weighted by Gasteiger charge is 2.33. The smallest absolute Gasteiger partial charge is 0.305 e. The van der Waals surface area contributed by atoms with Crippen molar-refractivity contribution in [2.75, 3.05) is 39.2 Å². The molecule has 0 unspecified atom stereocenters. The zero-order valence-electron chi connectivity index (χ0n) is 45.7. The summed E-state index contributed by atoms with van der Waals surface area (Å²) in [5.74, 6) is 0.199. The van der Waals surface area contributed by atoms with Crippen molar-refractivity contribution in [2.24, 2.45) is 0 Å². The van der Waals surface area contributed by atoms with Crippen molar-refractivity contribution in [3.8, 4) is 0 Å². The second-order valence-electron chi connectivity index (χ2n) is 18.9. The van der Waals surface area contributed by atoms with Crippen molar-refractivity contribution >= 4 is 39.9 Å². The Morgan fingerprint density at radius 1 is 0.443 bits per heavy atom. The maximum absolute atomic E-state index is 12.6. The number of nitrogens with one attached hydrogen (secondary N) is 1. The van der Waals surface area contributed by atoms with Crippen LogP contribution in [0.15, 0.2) is 72.9 Å². The number of carbonyl (C=O) groups is 3. The van der Waals surface area contributed by atoms with Crippen LogP contribution in [0.4, 0.5) is 0 Å². The summed E-state index contributed by atoms with van der Waals surface area (Å²) in [5.41, 5.74) is -0.816. The van der Waals surface area contributed by atoms with E-state index in [9.17, 15) is 14.4 Å². The molecule has 0 spiro atoms. The summed E-state index contributed by atoms with van der Waals surface area (Å²) in [6, 6.07) is 0. The van der Waals surface area contributed by atoms with Crippen LogP contribution in [0.1, 0.15) is 252 Å². The van der Waals surface area contributed by atoms with Gasteiger partial charge in [-0.15, -0.1) is 0 Å². The fraction of sp³-hybridized carbons (Fsp3) is 0.754. The summed E-state index contributed by atoms with van der Waals surface area (Å²) in [6.07, 6.45) is 68.7. The third-order valence-corrected chi connectivity index (χ3v) is 12.9. The molecule has 7 nitrogen and oxygen atoms in total. The fourth-order valence-corrected chi connectivity index (χ4v) is 8.10. The molecule has 0 rings (SSSR count). The largest absolute Gasteiger partial charge is 0.463 e. The summed E-state index contributed by atoms with van der Waals surface area (Å²) in [5, 5.41) is 3.39. The standard InChI is InChI=1S/C43H76ClNO5S.C18H32O/c1-4-6-8-10-12-14-16-18-20-22-24-26-28-30-32-34-41(46)49-39-43(38-48-3,45-36-37-51-44)40-50-42(47)35-33-31-29-27-25-23-21-19-17-15-13-11-9-7-5-2;1-2-3-4-5-6-7-8-9-10-11-12-13-14-15-16-17-18-19/h12-15,18-21,45H,4-11,16-17,22-40H2,1-3H3;6-7,9-10,18H,2-5,8,11-17H2,1H3/b14-12-,15-13-,20-18-,21-19-;7-6-,10-9-. The average Bonchev–Trinajstić information content (AvgIpc) is 3.36. The first kappa shape index (κ1) is 69.7. The van der Waals surface area contributed by atoms with E-state index in [0.29, 0.717) is 25.1 Å². The normalized spacial score (nSPS) is 12.1. The van der Waals surface area contributed by atoms with Crippen molar-refractivity contribution in [2.45, 2.75) is 257 Å². The molecule has 0 saturated carbocycles. The molecule has 9 heteroatoms. The van der Waals surface area contributed by atoms with Crippen LogP contribution >= 0.6 is 21.7 Å². The number of methoxy groups -OCH3 is 1. The van der Waals surface area contributed by atoms with Gasteiger partial charge >= 0.3 is 11.9 Å². The molecule has 0 atom stereocenters. The summed E-state index contributed by atoms with van der Waals surface area (Å²) in [6.45, 7) is 7.68. The second-order valence-corrected chi connectivity index (χ2v) is 20.2. The average molecular weight is 1020 g/mol. The van der Waals surface area contributed by atoms with Gasteiger partial charge in [-0.2, -0.15) is 0 Å². The molecule has 0 radical (unpaired) electrons. The van der Waals surface area contributed by atoms with Gasteiger partial charge < -0.3 is 24.3 Å². The molecule has 0 fully saturated rings. The lowest BCUT2D eigenvalue weighted by molar-refractivity contribution is -0.153. The molecule has 0 bridgehead atoms. The number of aldehydes is 1. The summed E-state index contributed by atoms with van der Waals surface area (Å²) >= 11 is 0. The molecular formula is C61H108ClNO6S. The van der Waals surface area contributed by atoms with E-state index in [0.717, 1.165) is 89.8 Å². The molecule has 0 aromatic carbocycles. The van der Waals surface area contributed by atoms with Crippen LogP contribution in [0.3, 0.4) is 0 Å². The first-order chi connectivity index (χ1) is 34.4. The Morgan fingerprint density at radius 3 is 1.07 bits per heavy atom. The van der Waals surface area contributed by atoms with Gasteiger partial charge in [-0.1, -0.05) is 201 Å². The van der Waals surface area contributed by atoms with Gasteiger partial charge in [-0.05, 0) is 126 Å². The zero-order valence-corrected chi connectivity index (χ0v) is 47.3. The second kappa shape index (κ2) is 60.9. The molecular weight excluding hydrogens is 910 g/mol. The number of hydrogen-bond acceptors (Lipinski definition) is 8. The molecule has 0 saturated heterocycles. The van der Waals surface area contributed by atoms with E-state index < -0.39 is 5.54 Å². The molecule has 1 N–H and O–H groups in total. The molecule has 0 aliphatic carbocycles. The van der Waals surface area contributed by atoms with Crippen molar-refractivity contribution in [3.05, 3.63) is 72.9 Å². The topological polar surface area (TPSA) is 90.9 Å². The SMILES string of the molecule is CCCCC/C=C\C/C=C\CCCCCCCC(=O)OCC(COC)(COC(=O)CCCCCCC/C=C\C/C=C\CCCCC)NCCSCl.CCCCC/C=C\C/C=C\CCCCCCCC=O. The van der Waals surface area contributed by atoms with E-state index in [1.807, 2.05) is 0 Å². The maximum Gasteiger partial charge on any atom is 0.305 e. The molecule has 0 aromatic heterocycles. The summed E-state index contributed by atoms with van der Waals surface area (Å²) in [7, 11) is 8.64. The van der Waals surface area contributed by atoms with Crippen molar-refractivity contribution < 1.29 is 28.6 Å². The number of esters is 2. The van der Waals surface area contributed by atoms with Gasteiger partial charge in [-0.3, -0.25) is 9.59 Å². The van der Waals surface area contributed by atoms with Crippen molar-refractivity contribution in [1.29, 1.82) is 0 Å². The van der Waals surface area contributed by atoms with Crippen LogP contribution in [0, 0.1) is 0 Å². The van der Waals surface area contributed by atoms with Crippen LogP contribution in [-0.2, 0) is 28.6 Å². The Morgan fingerprint density at radius 2 is 0.757 bits per heavy atom. The molecule has 0 amide bonds. The highest BCUT2D eigenvalue weighted by molar-refractivity contribution is 8.21. The first-order valence-corrected chi connectivity index (χ1v) is 30.4. The third-order valence-electron chi connectivity index (χ3n) is 12.1. The van der Waals surface area contributed by atoms with Gasteiger partial charge in [0.05, 0.1) is 6.61 Å². The predicted octanol–water partition coefficient (Wildman–Crippen LogP) is 18.6. The number of unbranched alkanes of at least 4 members (excludes halogenated alkanes) is 25. The minimum absolute atomic E-state index is 0.0733. The lowest BCUT2D eigenvalue weighted by Gasteiger charge is -2.33. The Bertz CT molecular complexity index is 1230. The first-order valence-electron chi connectivity index (χ1n) is 28.6. The quantitative estimate of drug-likeness (QED) is 0.0279. The number of carbonyl (C=O) groups excluding carboxylic acids is 3. The summed E-state index contributed by atoms with van der Waals surface area (Å²) < 4.78 is 16.9. The van der Waals surface area contributed by atoms with Crippen LogP contribution in [0.2, 0.25) is 0 Å². The number of rotatable bonds is 52. The van der Waals surface area contributed by atoms with Gasteiger partial charge in [-0.25, -0.2) is 0 Å². The Hall–Kier alpha value is -2.39. The summed E-state index contributed by atoms with van der Waals surface area (Å²) in [4.78, 5) is 35.4. The third kappa shape index (κ3) is 56.5. The van der Waals surface area contributed by atoms with E-state index in [-0.39, 0.29) is 31.8 Å². The number of halogens is 1. The van der Waals surface area contributed by atoms with Crippen LogP contribution in [0.5, 0.6) is 0 Å². The van der Waals surface area contributed by atoms with E-state index in [1.54, 1.807) is 7.11 Å². The highest BCUT2D eigenvalue weighted by Crippen LogP contribution is 2.15. The van der Waals surface area contributed by atoms with E-state index in [4.69, 9.17) is 24.9 Å². The minimum Gasteiger partial charge on any atom is -0.463 e. The Balaban J connectivity index is 0. The molecule has 406 valence electrons. The van der Waals surface area contributed by atoms with Crippen LogP contribution in [-0.4, -0.2) is 63.0 Å². The lowest BCUT2D eigenvalue weighted by Crippen LogP contribution is -2.57. The fourth-order valence-electron chi connectivity index (χ4n) is 7.69. The minimum atomic E-state index is -0.816. The lowest BCUT2D eigenvalue weighted by atomic mass is 10.0. The molecule has 0 aliphatic heterocycles. The number of ether oxygens (including phenoxy) is 3. The monoisotopic (exact) mass is 1020 g/mol. The Labute approximate surface area is 441 Å². The zero-order chi connectivity index (χ0) is 51.4. The van der Waals surface area contributed by atoms with Gasteiger partial charge in [0.25, 0.3) is 0 Å². The molecule has 70 heavy (non-hydrogen) atoms. The maximum atomic E-state index is 12.6. The van der Waals surface area contributed by atoms with Gasteiger partial charge in [0.2, 0.25) is 0 Å². The highest BCUT2D eigenvalue weighted by atomic mass is 35.7. The van der Waals surface area contributed by atoms with Gasteiger partial charge in [0.15, 0.2) is 0 Å². The number of hydrogen-bond donors (Lipinski definition) is 1. The van der Waals surface area contributed by atoms with E-state index in [2.05, 4.69) is 99.0 Å². The van der Waals surface area contributed by atoms with Crippen LogP contribution < -0.4 is 5.32 Å². The van der Waals surface area contributed by atoms with Crippen molar-refractivity contribution in [1.82, 2.24) is 5.32 Å². The number of allylic oxidation sites excluding steroid dienone is 12. The van der Waals surface area contributed by atoms with Gasteiger partial charge in [0.1, 0.15) is 25.0 Å². The molecule has 0 aromatic rings. The molecule has 0 heterocycles. The van der Waals surface area contributed by atoms with E-state index >= 15 is 0 Å². The Kier molecular flexibility index (Phi) is 60.6. The van der Waals surface area contributed by atoms with E-state index in [1.165, 1.54) is 146 Å². The van der Waals surface area contributed by atoms with Crippen molar-refractivity contribution in [3.63, 3.8) is 0 Å².